The Labute approximate surface area is 140 Å². The van der Waals surface area contributed by atoms with Crippen LogP contribution >= 0.6 is 11.6 Å². The summed E-state index contributed by atoms with van der Waals surface area (Å²) in [5.41, 5.74) is -0.423. The lowest BCUT2D eigenvalue weighted by molar-refractivity contribution is -0.138. The molecule has 126 valence electrons. The van der Waals surface area contributed by atoms with E-state index in [-0.39, 0.29) is 22.0 Å². The number of amides is 1. The van der Waals surface area contributed by atoms with Gasteiger partial charge in [-0.1, -0.05) is 11.6 Å². The molecule has 8 heteroatoms. The first-order valence-electron chi connectivity index (χ1n) is 7.37. The van der Waals surface area contributed by atoms with E-state index in [1.165, 1.54) is 19.2 Å². The van der Waals surface area contributed by atoms with Crippen LogP contribution in [0, 0.1) is 5.82 Å². The zero-order valence-electron chi connectivity index (χ0n) is 12.7. The number of fused-ring (bicyclic) bond motifs is 1. The Morgan fingerprint density at radius 2 is 2.08 bits per heavy atom. The van der Waals surface area contributed by atoms with E-state index in [1.54, 1.807) is 4.57 Å². The number of hydrogen-bond donors (Lipinski definition) is 2. The Hall–Kier alpha value is -2.41. The Bertz CT molecular complexity index is 920. The van der Waals surface area contributed by atoms with Gasteiger partial charge in [0.05, 0.1) is 10.5 Å². The highest BCUT2D eigenvalue weighted by Gasteiger charge is 2.28. The summed E-state index contributed by atoms with van der Waals surface area (Å²) < 4.78 is 15.5. The van der Waals surface area contributed by atoms with E-state index >= 15 is 0 Å². The van der Waals surface area contributed by atoms with E-state index in [2.05, 4.69) is 5.32 Å². The van der Waals surface area contributed by atoms with Gasteiger partial charge in [0.25, 0.3) is 5.91 Å². The minimum Gasteiger partial charge on any atom is -0.480 e. The van der Waals surface area contributed by atoms with Crippen LogP contribution in [0.1, 0.15) is 36.2 Å². The molecule has 0 saturated heterocycles. The maximum absolute atomic E-state index is 13.8. The molecule has 1 aliphatic carbocycles. The lowest BCUT2D eigenvalue weighted by Gasteiger charge is -2.14. The molecular formula is C16H14ClFN2O4. The average molecular weight is 353 g/mol. The van der Waals surface area contributed by atoms with Crippen LogP contribution in [-0.4, -0.2) is 27.6 Å². The number of halogens is 2. The Balaban J connectivity index is 2.17. The van der Waals surface area contributed by atoms with Gasteiger partial charge in [0, 0.05) is 17.6 Å². The largest absolute Gasteiger partial charge is 0.480 e. The molecule has 0 bridgehead atoms. The molecule has 0 aliphatic heterocycles. The number of nitrogens with one attached hydrogen (secondary N) is 1. The number of hydrogen-bond acceptors (Lipinski definition) is 3. The predicted octanol–water partition coefficient (Wildman–Crippen LogP) is 2.33. The molecule has 6 nitrogen and oxygen atoms in total. The van der Waals surface area contributed by atoms with Crippen molar-refractivity contribution in [2.75, 3.05) is 0 Å². The second-order valence-electron chi connectivity index (χ2n) is 5.83. The third-order valence-corrected chi connectivity index (χ3v) is 4.27. The van der Waals surface area contributed by atoms with Crippen LogP contribution in [0.15, 0.2) is 23.1 Å². The fourth-order valence-electron chi connectivity index (χ4n) is 2.50. The number of aliphatic carboxylic acids is 1. The van der Waals surface area contributed by atoms with Crippen molar-refractivity contribution in [2.45, 2.75) is 31.8 Å². The van der Waals surface area contributed by atoms with Crippen molar-refractivity contribution in [1.29, 1.82) is 0 Å². The molecule has 2 aromatic rings. The first-order valence-corrected chi connectivity index (χ1v) is 7.75. The van der Waals surface area contributed by atoms with Crippen LogP contribution in [0.4, 0.5) is 4.39 Å². The highest BCUT2D eigenvalue weighted by molar-refractivity contribution is 6.31. The molecule has 1 saturated carbocycles. The van der Waals surface area contributed by atoms with Gasteiger partial charge in [-0.25, -0.2) is 4.39 Å². The highest BCUT2D eigenvalue weighted by Crippen LogP contribution is 2.37. The van der Waals surface area contributed by atoms with Crippen LogP contribution in [0.2, 0.25) is 5.02 Å². The first-order chi connectivity index (χ1) is 11.3. The molecule has 1 aromatic carbocycles. The molecule has 1 aromatic heterocycles. The zero-order valence-corrected chi connectivity index (χ0v) is 13.4. The topological polar surface area (TPSA) is 88.4 Å². The number of carboxylic acids is 1. The van der Waals surface area contributed by atoms with Crippen LogP contribution in [0.25, 0.3) is 10.9 Å². The molecule has 1 aliphatic rings. The van der Waals surface area contributed by atoms with Gasteiger partial charge in [0.2, 0.25) is 5.43 Å². The maximum Gasteiger partial charge on any atom is 0.325 e. The third kappa shape index (κ3) is 2.87. The minimum atomic E-state index is -1.22. The molecule has 0 spiro atoms. The van der Waals surface area contributed by atoms with Crippen molar-refractivity contribution in [1.82, 2.24) is 9.88 Å². The van der Waals surface area contributed by atoms with Gasteiger partial charge in [0.15, 0.2) is 0 Å². The molecule has 0 radical (unpaired) electrons. The Morgan fingerprint density at radius 3 is 2.67 bits per heavy atom. The number of aromatic nitrogens is 1. The van der Waals surface area contributed by atoms with Crippen LogP contribution in [-0.2, 0) is 4.79 Å². The van der Waals surface area contributed by atoms with Crippen molar-refractivity contribution >= 4 is 34.4 Å². The molecule has 3 rings (SSSR count). The van der Waals surface area contributed by atoms with Gasteiger partial charge in [-0.3, -0.25) is 14.4 Å². The van der Waals surface area contributed by atoms with Gasteiger partial charge in [0.1, 0.15) is 17.4 Å². The smallest absolute Gasteiger partial charge is 0.325 e. The molecule has 24 heavy (non-hydrogen) atoms. The standard InChI is InChI=1S/C16H14ClFN2O4/c1-7(16(23)24)19-15(22)10-6-20(8-2-3-8)13-5-11(17)12(18)4-9(13)14(10)21/h4-8H,2-3H2,1H3,(H,19,22)(H,23,24)/t7-/m1/s1. The van der Waals surface area contributed by atoms with E-state index in [4.69, 9.17) is 16.7 Å². The summed E-state index contributed by atoms with van der Waals surface area (Å²) in [7, 11) is 0. The van der Waals surface area contributed by atoms with Crippen LogP contribution in [0.5, 0.6) is 0 Å². The normalized spacial score (nSPS) is 15.3. The van der Waals surface area contributed by atoms with E-state index in [9.17, 15) is 18.8 Å². The summed E-state index contributed by atoms with van der Waals surface area (Å²) in [6.45, 7) is 1.29. The number of carbonyl (C=O) groups excluding carboxylic acids is 1. The summed E-state index contributed by atoms with van der Waals surface area (Å²) in [4.78, 5) is 35.7. The molecule has 1 atom stereocenters. The van der Waals surface area contributed by atoms with Crippen molar-refractivity contribution in [3.8, 4) is 0 Å². The first kappa shape index (κ1) is 16.4. The fourth-order valence-corrected chi connectivity index (χ4v) is 2.65. The Morgan fingerprint density at radius 1 is 1.42 bits per heavy atom. The molecule has 0 unspecified atom stereocenters. The predicted molar refractivity (Wildman–Crippen MR) is 86.0 cm³/mol. The van der Waals surface area contributed by atoms with Gasteiger partial charge in [-0.2, -0.15) is 0 Å². The van der Waals surface area contributed by atoms with Crippen molar-refractivity contribution < 1.29 is 19.1 Å². The van der Waals surface area contributed by atoms with Gasteiger partial charge >= 0.3 is 5.97 Å². The number of rotatable bonds is 4. The lowest BCUT2D eigenvalue weighted by atomic mass is 10.1. The quantitative estimate of drug-likeness (QED) is 0.884. The zero-order chi connectivity index (χ0) is 17.6. The Kier molecular flexibility index (Phi) is 4.04. The van der Waals surface area contributed by atoms with Crippen LogP contribution < -0.4 is 10.7 Å². The summed E-state index contributed by atoms with van der Waals surface area (Å²) in [6, 6.07) is 1.34. The summed E-state index contributed by atoms with van der Waals surface area (Å²) in [6.07, 6.45) is 3.14. The fraction of sp³-hybridized carbons (Fsp3) is 0.312. The number of pyridine rings is 1. The monoisotopic (exact) mass is 352 g/mol. The molecule has 1 fully saturated rings. The molecular weight excluding hydrogens is 339 g/mol. The molecule has 2 N–H and O–H groups in total. The van der Waals surface area contributed by atoms with Crippen molar-refractivity contribution in [3.63, 3.8) is 0 Å². The number of nitrogens with zero attached hydrogens (tertiary/aromatic N) is 1. The SMILES string of the molecule is C[C@@H](NC(=O)c1cn(C2CC2)c2cc(Cl)c(F)cc2c1=O)C(=O)O. The van der Waals surface area contributed by atoms with E-state index in [0.717, 1.165) is 18.9 Å². The van der Waals surface area contributed by atoms with Gasteiger partial charge < -0.3 is 15.0 Å². The summed E-state index contributed by atoms with van der Waals surface area (Å²) in [5, 5.41) is 11.1. The second-order valence-corrected chi connectivity index (χ2v) is 6.23. The minimum absolute atomic E-state index is 0.0411. The average Bonchev–Trinajstić information content (AvgIpc) is 3.34. The van der Waals surface area contributed by atoms with Crippen molar-refractivity contribution in [2.24, 2.45) is 0 Å². The summed E-state index contributed by atoms with van der Waals surface area (Å²) in [5.74, 6) is -2.77. The van der Waals surface area contributed by atoms with Gasteiger partial charge in [-0.15, -0.1) is 0 Å². The summed E-state index contributed by atoms with van der Waals surface area (Å²) >= 11 is 5.81. The third-order valence-electron chi connectivity index (χ3n) is 3.98. The van der Waals surface area contributed by atoms with Crippen molar-refractivity contribution in [3.05, 3.63) is 45.0 Å². The second kappa shape index (κ2) is 5.90. The molecule has 1 heterocycles. The van der Waals surface area contributed by atoms with Crippen LogP contribution in [0.3, 0.4) is 0 Å². The maximum atomic E-state index is 13.8. The van der Waals surface area contributed by atoms with E-state index < -0.39 is 29.2 Å². The number of carbonyl (C=O) groups is 2. The number of carboxylic acid groups (broad SMARTS) is 1. The van der Waals surface area contributed by atoms with Gasteiger partial charge in [-0.05, 0) is 31.9 Å². The van der Waals surface area contributed by atoms with E-state index in [0.29, 0.717) is 5.52 Å². The van der Waals surface area contributed by atoms with E-state index in [1.807, 2.05) is 0 Å². The highest BCUT2D eigenvalue weighted by atomic mass is 35.5. The lowest BCUT2D eigenvalue weighted by Crippen LogP contribution is -2.40. The number of benzene rings is 1. The molecule has 1 amide bonds.